The Morgan fingerprint density at radius 2 is 1.86 bits per heavy atom. The van der Waals surface area contributed by atoms with Crippen LogP contribution in [-0.4, -0.2) is 18.7 Å². The van der Waals surface area contributed by atoms with Crippen molar-refractivity contribution in [3.05, 3.63) is 92.6 Å². The van der Waals surface area contributed by atoms with Gasteiger partial charge in [-0.15, -0.1) is 0 Å². The lowest BCUT2D eigenvalue weighted by Crippen LogP contribution is -2.39. The van der Waals surface area contributed by atoms with E-state index >= 15 is 0 Å². The second-order valence-electron chi connectivity index (χ2n) is 6.68. The minimum Gasteiger partial charge on any atom is -0.320 e. The van der Waals surface area contributed by atoms with Crippen molar-refractivity contribution >= 4 is 11.2 Å². The molecule has 0 spiro atoms. The Labute approximate surface area is 160 Å². The summed E-state index contributed by atoms with van der Waals surface area (Å²) >= 11 is 0. The third-order valence-corrected chi connectivity index (χ3v) is 4.72. The fraction of sp³-hybridized carbons (Fsp3) is 0.190. The zero-order valence-electron chi connectivity index (χ0n) is 15.6. The van der Waals surface area contributed by atoms with Crippen LogP contribution in [-0.2, 0) is 13.1 Å². The van der Waals surface area contributed by atoms with Gasteiger partial charge in [0.1, 0.15) is 5.82 Å². The molecule has 0 unspecified atom stereocenters. The van der Waals surface area contributed by atoms with E-state index in [1.807, 2.05) is 31.2 Å². The maximum absolute atomic E-state index is 13.5. The number of fused-ring (bicyclic) bond motifs is 1. The molecule has 4 aromatic rings. The zero-order valence-corrected chi connectivity index (χ0v) is 15.6. The van der Waals surface area contributed by atoms with Crippen LogP contribution in [0.5, 0.6) is 0 Å². The predicted molar refractivity (Wildman–Crippen MR) is 106 cm³/mol. The molecular weight excluding hydrogens is 359 g/mol. The van der Waals surface area contributed by atoms with Gasteiger partial charge in [-0.2, -0.15) is 0 Å². The third kappa shape index (κ3) is 2.94. The number of hydrogen-bond acceptors (Lipinski definition) is 3. The van der Waals surface area contributed by atoms with Gasteiger partial charge in [-0.25, -0.2) is 18.7 Å². The first-order valence-corrected chi connectivity index (χ1v) is 9.01. The highest BCUT2D eigenvalue weighted by Crippen LogP contribution is 2.16. The fourth-order valence-electron chi connectivity index (χ4n) is 3.41. The second-order valence-corrected chi connectivity index (χ2v) is 6.68. The van der Waals surface area contributed by atoms with E-state index in [1.165, 1.54) is 27.6 Å². The standard InChI is InChI=1S/C21H19FN4O2/c1-3-25-20(27)18-19(26(21(25)28)17-9-4-6-14(2)10-17)23-13-24(18)12-15-7-5-8-16(22)11-15/h4-11,13H,3,12H2,1-2H3. The van der Waals surface area contributed by atoms with Crippen molar-refractivity contribution in [1.82, 2.24) is 18.7 Å². The van der Waals surface area contributed by atoms with Gasteiger partial charge in [0, 0.05) is 13.1 Å². The summed E-state index contributed by atoms with van der Waals surface area (Å²) < 4.78 is 17.8. The van der Waals surface area contributed by atoms with Gasteiger partial charge in [-0.3, -0.25) is 9.36 Å². The minimum atomic E-state index is -0.429. The summed E-state index contributed by atoms with van der Waals surface area (Å²) in [7, 11) is 0. The number of nitrogens with zero attached hydrogens (tertiary/aromatic N) is 4. The molecule has 0 aliphatic rings. The van der Waals surface area contributed by atoms with Gasteiger partial charge in [-0.1, -0.05) is 24.3 Å². The maximum atomic E-state index is 13.5. The number of imidazole rings is 1. The number of aryl methyl sites for hydroxylation is 1. The monoisotopic (exact) mass is 378 g/mol. The van der Waals surface area contributed by atoms with Gasteiger partial charge in [-0.05, 0) is 49.2 Å². The van der Waals surface area contributed by atoms with Gasteiger partial charge in [0.2, 0.25) is 0 Å². The van der Waals surface area contributed by atoms with E-state index in [2.05, 4.69) is 4.98 Å². The lowest BCUT2D eigenvalue weighted by Gasteiger charge is -2.12. The minimum absolute atomic E-state index is 0.241. The highest BCUT2D eigenvalue weighted by molar-refractivity contribution is 5.72. The molecule has 28 heavy (non-hydrogen) atoms. The lowest BCUT2D eigenvalue weighted by molar-refractivity contribution is 0.623. The SMILES string of the molecule is CCn1c(=O)c2c(ncn2Cc2cccc(F)c2)n(-c2cccc(C)c2)c1=O. The van der Waals surface area contributed by atoms with E-state index in [0.29, 0.717) is 22.4 Å². The smallest absolute Gasteiger partial charge is 0.320 e. The van der Waals surface area contributed by atoms with Crippen molar-refractivity contribution < 1.29 is 4.39 Å². The number of halogens is 1. The molecule has 0 bridgehead atoms. The number of benzene rings is 2. The molecule has 0 saturated heterocycles. The van der Waals surface area contributed by atoms with Gasteiger partial charge in [0.05, 0.1) is 12.0 Å². The first-order valence-electron chi connectivity index (χ1n) is 9.01. The van der Waals surface area contributed by atoms with Gasteiger partial charge < -0.3 is 4.57 Å². The summed E-state index contributed by atoms with van der Waals surface area (Å²) in [5.74, 6) is -0.343. The summed E-state index contributed by atoms with van der Waals surface area (Å²) in [6.07, 6.45) is 1.52. The molecule has 6 nitrogen and oxygen atoms in total. The summed E-state index contributed by atoms with van der Waals surface area (Å²) in [5.41, 5.74) is 2.12. The highest BCUT2D eigenvalue weighted by Gasteiger charge is 2.18. The van der Waals surface area contributed by atoms with Gasteiger partial charge in [0.15, 0.2) is 11.2 Å². The Morgan fingerprint density at radius 3 is 2.57 bits per heavy atom. The Balaban J connectivity index is 2.00. The molecular formula is C21H19FN4O2. The topological polar surface area (TPSA) is 61.8 Å². The Hall–Kier alpha value is -3.48. The predicted octanol–water partition coefficient (Wildman–Crippen LogP) is 2.86. The highest BCUT2D eigenvalue weighted by atomic mass is 19.1. The molecule has 4 rings (SSSR count). The zero-order chi connectivity index (χ0) is 19.8. The van der Waals surface area contributed by atoms with Gasteiger partial charge >= 0.3 is 5.69 Å². The van der Waals surface area contributed by atoms with E-state index in [4.69, 9.17) is 0 Å². The summed E-state index contributed by atoms with van der Waals surface area (Å²) in [6.45, 7) is 4.20. The van der Waals surface area contributed by atoms with Crippen molar-refractivity contribution in [2.75, 3.05) is 0 Å². The molecule has 0 N–H and O–H groups in total. The summed E-state index contributed by atoms with van der Waals surface area (Å²) in [6, 6.07) is 13.7. The van der Waals surface area contributed by atoms with Crippen LogP contribution in [0.2, 0.25) is 0 Å². The van der Waals surface area contributed by atoms with Crippen molar-refractivity contribution in [2.45, 2.75) is 26.9 Å². The van der Waals surface area contributed by atoms with Crippen LogP contribution in [0, 0.1) is 12.7 Å². The molecule has 2 aromatic heterocycles. The van der Waals surface area contributed by atoms with Crippen molar-refractivity contribution in [3.63, 3.8) is 0 Å². The molecule has 142 valence electrons. The van der Waals surface area contributed by atoms with Crippen LogP contribution < -0.4 is 11.2 Å². The Kier molecular flexibility index (Phi) is 4.43. The van der Waals surface area contributed by atoms with E-state index in [0.717, 1.165) is 5.56 Å². The summed E-state index contributed by atoms with van der Waals surface area (Å²) in [4.78, 5) is 30.3. The fourth-order valence-corrected chi connectivity index (χ4v) is 3.41. The largest absolute Gasteiger partial charge is 0.337 e. The van der Waals surface area contributed by atoms with E-state index in [9.17, 15) is 14.0 Å². The second kappa shape index (κ2) is 6.92. The van der Waals surface area contributed by atoms with Crippen molar-refractivity contribution in [2.24, 2.45) is 0 Å². The van der Waals surface area contributed by atoms with Crippen LogP contribution in [0.4, 0.5) is 4.39 Å². The number of rotatable bonds is 4. The molecule has 0 saturated carbocycles. The van der Waals surface area contributed by atoms with Crippen molar-refractivity contribution in [1.29, 1.82) is 0 Å². The van der Waals surface area contributed by atoms with E-state index in [1.54, 1.807) is 23.6 Å². The van der Waals surface area contributed by atoms with Crippen molar-refractivity contribution in [3.8, 4) is 5.69 Å². The van der Waals surface area contributed by atoms with Crippen LogP contribution in [0.25, 0.3) is 16.9 Å². The summed E-state index contributed by atoms with van der Waals surface area (Å²) in [5, 5.41) is 0. The molecule has 0 radical (unpaired) electrons. The van der Waals surface area contributed by atoms with E-state index in [-0.39, 0.29) is 18.9 Å². The van der Waals surface area contributed by atoms with Gasteiger partial charge in [0.25, 0.3) is 5.56 Å². The van der Waals surface area contributed by atoms with Crippen LogP contribution in [0.3, 0.4) is 0 Å². The number of aromatic nitrogens is 4. The first-order chi connectivity index (χ1) is 13.5. The molecule has 2 heterocycles. The van der Waals surface area contributed by atoms with Crippen LogP contribution in [0.15, 0.2) is 64.4 Å². The quantitative estimate of drug-likeness (QED) is 0.549. The first kappa shape index (κ1) is 17.9. The molecule has 0 aliphatic heterocycles. The average molecular weight is 378 g/mol. The maximum Gasteiger partial charge on any atom is 0.337 e. The Bertz CT molecular complexity index is 1300. The van der Waals surface area contributed by atoms with Crippen LogP contribution >= 0.6 is 0 Å². The third-order valence-electron chi connectivity index (χ3n) is 4.72. The van der Waals surface area contributed by atoms with Crippen LogP contribution in [0.1, 0.15) is 18.1 Å². The lowest BCUT2D eigenvalue weighted by atomic mass is 10.2. The molecule has 0 fully saturated rings. The molecule has 0 atom stereocenters. The molecule has 2 aromatic carbocycles. The Morgan fingerprint density at radius 1 is 1.07 bits per heavy atom. The average Bonchev–Trinajstić information content (AvgIpc) is 3.06. The normalized spacial score (nSPS) is 11.2. The van der Waals surface area contributed by atoms with E-state index < -0.39 is 11.2 Å². The molecule has 7 heteroatoms. The number of hydrogen-bond donors (Lipinski definition) is 0. The molecule has 0 aliphatic carbocycles. The molecule has 0 amide bonds.